The first-order valence-electron chi connectivity index (χ1n) is 8.20. The van der Waals surface area contributed by atoms with Gasteiger partial charge in [-0.25, -0.2) is 0 Å². The van der Waals surface area contributed by atoms with Crippen LogP contribution in [-0.4, -0.2) is 39.6 Å². The summed E-state index contributed by atoms with van der Waals surface area (Å²) in [5.74, 6) is -0.0712. The predicted octanol–water partition coefficient (Wildman–Crippen LogP) is 1.61. The largest absolute Gasteiger partial charge is 0.350 e. The fraction of sp³-hybridized carbons (Fsp3) is 0.389. The van der Waals surface area contributed by atoms with Crippen molar-refractivity contribution in [3.63, 3.8) is 0 Å². The van der Waals surface area contributed by atoms with Crippen molar-refractivity contribution in [3.05, 3.63) is 42.6 Å². The summed E-state index contributed by atoms with van der Waals surface area (Å²) in [5.41, 5.74) is 1.93. The van der Waals surface area contributed by atoms with Gasteiger partial charge in [0.2, 0.25) is 11.8 Å². The Hall–Kier alpha value is -2.63. The highest BCUT2D eigenvalue weighted by Crippen LogP contribution is 2.19. The zero-order valence-corrected chi connectivity index (χ0v) is 13.9. The normalized spacial score (nSPS) is 15.5. The molecule has 6 heteroatoms. The Kier molecular flexibility index (Phi) is 4.64. The standard InChI is InChI=1S/C18H22N4O2/c1-3-17(23)22-10-8-13(9-11-22)18(24)19-12-15-14-6-4-5-7-16(14)21(2)20-15/h3-7,13H,1,8-12H2,2H3,(H,19,24). The Morgan fingerprint density at radius 3 is 2.75 bits per heavy atom. The number of benzene rings is 1. The Balaban J connectivity index is 1.58. The molecule has 2 aromatic rings. The van der Waals surface area contributed by atoms with Gasteiger partial charge in [-0.1, -0.05) is 24.8 Å². The van der Waals surface area contributed by atoms with E-state index in [0.29, 0.717) is 32.5 Å². The molecular weight excluding hydrogens is 304 g/mol. The van der Waals surface area contributed by atoms with Gasteiger partial charge in [-0.05, 0) is 25.0 Å². The number of nitrogens with one attached hydrogen (secondary N) is 1. The third-order valence-electron chi connectivity index (χ3n) is 4.62. The van der Waals surface area contributed by atoms with Crippen LogP contribution in [0.1, 0.15) is 18.5 Å². The first-order chi connectivity index (χ1) is 11.6. The van der Waals surface area contributed by atoms with Gasteiger partial charge in [-0.2, -0.15) is 5.10 Å². The number of aromatic nitrogens is 2. The number of nitrogens with zero attached hydrogens (tertiary/aromatic N) is 3. The van der Waals surface area contributed by atoms with E-state index in [1.54, 1.807) is 4.90 Å². The fourth-order valence-corrected chi connectivity index (χ4v) is 3.23. The van der Waals surface area contributed by atoms with Crippen molar-refractivity contribution in [2.75, 3.05) is 13.1 Å². The Morgan fingerprint density at radius 2 is 2.04 bits per heavy atom. The van der Waals surface area contributed by atoms with E-state index in [-0.39, 0.29) is 17.7 Å². The summed E-state index contributed by atoms with van der Waals surface area (Å²) in [6.45, 7) is 5.14. The molecule has 24 heavy (non-hydrogen) atoms. The molecule has 1 aromatic carbocycles. The van der Waals surface area contributed by atoms with Crippen molar-refractivity contribution >= 4 is 22.7 Å². The number of carbonyl (C=O) groups is 2. The molecule has 126 valence electrons. The molecule has 0 spiro atoms. The molecule has 6 nitrogen and oxygen atoms in total. The second kappa shape index (κ2) is 6.86. The molecule has 2 heterocycles. The van der Waals surface area contributed by atoms with Crippen LogP contribution in [0.3, 0.4) is 0 Å². The maximum Gasteiger partial charge on any atom is 0.245 e. The van der Waals surface area contributed by atoms with E-state index in [1.165, 1.54) is 6.08 Å². The van der Waals surface area contributed by atoms with Gasteiger partial charge < -0.3 is 10.2 Å². The van der Waals surface area contributed by atoms with Crippen LogP contribution >= 0.6 is 0 Å². The van der Waals surface area contributed by atoms with E-state index in [2.05, 4.69) is 17.0 Å². The molecule has 1 aliphatic heterocycles. The van der Waals surface area contributed by atoms with E-state index in [0.717, 1.165) is 16.6 Å². The van der Waals surface area contributed by atoms with Crippen molar-refractivity contribution < 1.29 is 9.59 Å². The van der Waals surface area contributed by atoms with Gasteiger partial charge in [0.15, 0.2) is 0 Å². The highest BCUT2D eigenvalue weighted by Gasteiger charge is 2.26. The van der Waals surface area contributed by atoms with Gasteiger partial charge in [0, 0.05) is 31.4 Å². The Morgan fingerprint density at radius 1 is 1.33 bits per heavy atom. The average Bonchev–Trinajstić information content (AvgIpc) is 2.95. The van der Waals surface area contributed by atoms with Crippen molar-refractivity contribution in [1.82, 2.24) is 20.0 Å². The minimum Gasteiger partial charge on any atom is -0.350 e. The third-order valence-corrected chi connectivity index (χ3v) is 4.62. The number of amides is 2. The topological polar surface area (TPSA) is 67.2 Å². The first kappa shape index (κ1) is 16.2. The summed E-state index contributed by atoms with van der Waals surface area (Å²) in [7, 11) is 1.90. The van der Waals surface area contributed by atoms with E-state index in [4.69, 9.17) is 0 Å². The summed E-state index contributed by atoms with van der Waals surface area (Å²) in [5, 5.41) is 8.55. The summed E-state index contributed by atoms with van der Waals surface area (Å²) in [6.07, 6.45) is 2.70. The monoisotopic (exact) mass is 326 g/mol. The van der Waals surface area contributed by atoms with Crippen LogP contribution in [0, 0.1) is 5.92 Å². The van der Waals surface area contributed by atoms with Crippen LogP contribution in [0.15, 0.2) is 36.9 Å². The molecule has 2 amide bonds. The van der Waals surface area contributed by atoms with Crippen LogP contribution in [0.2, 0.25) is 0 Å². The zero-order chi connectivity index (χ0) is 17.1. The van der Waals surface area contributed by atoms with E-state index in [1.807, 2.05) is 36.0 Å². The number of rotatable bonds is 4. The SMILES string of the molecule is C=CC(=O)N1CCC(C(=O)NCc2nn(C)c3ccccc23)CC1. The molecule has 3 rings (SSSR count). The van der Waals surface area contributed by atoms with Gasteiger partial charge in [0.25, 0.3) is 0 Å². The lowest BCUT2D eigenvalue weighted by atomic mass is 9.96. The average molecular weight is 326 g/mol. The molecule has 1 aliphatic rings. The smallest absolute Gasteiger partial charge is 0.245 e. The van der Waals surface area contributed by atoms with Gasteiger partial charge >= 0.3 is 0 Å². The number of hydrogen-bond donors (Lipinski definition) is 1. The molecule has 0 radical (unpaired) electrons. The number of piperidine rings is 1. The van der Waals surface area contributed by atoms with Crippen LogP contribution in [0.4, 0.5) is 0 Å². The van der Waals surface area contributed by atoms with E-state index >= 15 is 0 Å². The number of aryl methyl sites for hydroxylation is 1. The fourth-order valence-electron chi connectivity index (χ4n) is 3.23. The molecule has 1 saturated heterocycles. The molecule has 0 bridgehead atoms. The predicted molar refractivity (Wildman–Crippen MR) is 92.1 cm³/mol. The summed E-state index contributed by atoms with van der Waals surface area (Å²) < 4.78 is 1.83. The van der Waals surface area contributed by atoms with Crippen LogP contribution in [0.25, 0.3) is 10.9 Å². The van der Waals surface area contributed by atoms with Gasteiger partial charge in [0.05, 0.1) is 17.8 Å². The Labute approximate surface area is 141 Å². The summed E-state index contributed by atoms with van der Waals surface area (Å²) in [6, 6.07) is 7.98. The maximum atomic E-state index is 12.4. The number of para-hydroxylation sites is 1. The highest BCUT2D eigenvalue weighted by molar-refractivity contribution is 5.87. The van der Waals surface area contributed by atoms with E-state index in [9.17, 15) is 9.59 Å². The zero-order valence-electron chi connectivity index (χ0n) is 13.9. The van der Waals surface area contributed by atoms with E-state index < -0.39 is 0 Å². The second-order valence-corrected chi connectivity index (χ2v) is 6.11. The van der Waals surface area contributed by atoms with Gasteiger partial charge in [-0.15, -0.1) is 0 Å². The van der Waals surface area contributed by atoms with Crippen molar-refractivity contribution in [3.8, 4) is 0 Å². The quantitative estimate of drug-likeness (QED) is 0.868. The lowest BCUT2D eigenvalue weighted by Crippen LogP contribution is -2.42. The second-order valence-electron chi connectivity index (χ2n) is 6.11. The lowest BCUT2D eigenvalue weighted by molar-refractivity contribution is -0.132. The minimum atomic E-state index is -0.0613. The number of fused-ring (bicyclic) bond motifs is 1. The van der Waals surface area contributed by atoms with Gasteiger partial charge in [-0.3, -0.25) is 14.3 Å². The molecule has 1 N–H and O–H groups in total. The highest BCUT2D eigenvalue weighted by atomic mass is 16.2. The van der Waals surface area contributed by atoms with Crippen LogP contribution < -0.4 is 5.32 Å². The van der Waals surface area contributed by atoms with Crippen molar-refractivity contribution in [1.29, 1.82) is 0 Å². The molecule has 0 aliphatic carbocycles. The van der Waals surface area contributed by atoms with Crippen LogP contribution in [-0.2, 0) is 23.2 Å². The van der Waals surface area contributed by atoms with Crippen molar-refractivity contribution in [2.24, 2.45) is 13.0 Å². The minimum absolute atomic E-state index is 0.0374. The molecular formula is C18H22N4O2. The van der Waals surface area contributed by atoms with Crippen molar-refractivity contribution in [2.45, 2.75) is 19.4 Å². The number of likely N-dealkylation sites (tertiary alicyclic amines) is 1. The molecule has 0 saturated carbocycles. The molecule has 0 atom stereocenters. The number of carbonyl (C=O) groups excluding carboxylic acids is 2. The summed E-state index contributed by atoms with van der Waals surface area (Å²) >= 11 is 0. The Bertz CT molecular complexity index is 772. The summed E-state index contributed by atoms with van der Waals surface area (Å²) in [4.78, 5) is 25.7. The first-order valence-corrected chi connectivity index (χ1v) is 8.20. The van der Waals surface area contributed by atoms with Gasteiger partial charge in [0.1, 0.15) is 0 Å². The lowest BCUT2D eigenvalue weighted by Gasteiger charge is -2.30. The molecule has 0 unspecified atom stereocenters. The third kappa shape index (κ3) is 3.18. The molecule has 1 fully saturated rings. The maximum absolute atomic E-state index is 12.4. The number of hydrogen-bond acceptors (Lipinski definition) is 3. The molecule has 1 aromatic heterocycles. The van der Waals surface area contributed by atoms with Crippen LogP contribution in [0.5, 0.6) is 0 Å².